The third kappa shape index (κ3) is 4.97. The Kier molecular flexibility index (Phi) is 6.24. The molecule has 2 heterocycles. The van der Waals surface area contributed by atoms with Gasteiger partial charge in [0.05, 0.1) is 0 Å². The Hall–Kier alpha value is -3.93. The van der Waals surface area contributed by atoms with Crippen molar-refractivity contribution in [1.82, 2.24) is 15.2 Å². The molecule has 4 rings (SSSR count). The molecule has 4 amide bonds. The fraction of sp³-hybridized carbons (Fsp3) is 0.423. The van der Waals surface area contributed by atoms with E-state index in [1.165, 1.54) is 6.20 Å². The summed E-state index contributed by atoms with van der Waals surface area (Å²) >= 11 is 0. The first-order valence-electron chi connectivity index (χ1n) is 11.6. The summed E-state index contributed by atoms with van der Waals surface area (Å²) in [6, 6.07) is 9.78. The van der Waals surface area contributed by atoms with Crippen LogP contribution in [0.15, 0.2) is 36.5 Å². The number of pyridine rings is 1. The summed E-state index contributed by atoms with van der Waals surface area (Å²) in [5.41, 5.74) is 0.522. The molecule has 9 nitrogen and oxygen atoms in total. The van der Waals surface area contributed by atoms with Crippen LogP contribution in [-0.2, 0) is 9.59 Å². The van der Waals surface area contributed by atoms with E-state index in [1.54, 1.807) is 37.3 Å². The van der Waals surface area contributed by atoms with E-state index in [9.17, 15) is 19.6 Å². The normalized spacial score (nSPS) is 23.1. The summed E-state index contributed by atoms with van der Waals surface area (Å²) < 4.78 is 5.71. The SMILES string of the molecule is Cc1cc(Oc2ncccc2C#N)ccc1NC(=O)CN1C(=O)NC2(CC(C)CC(C)(C)C2)C1=O. The highest BCUT2D eigenvalue weighted by Crippen LogP contribution is 2.46. The average molecular weight is 476 g/mol. The quantitative estimate of drug-likeness (QED) is 0.627. The van der Waals surface area contributed by atoms with Crippen molar-refractivity contribution in [1.29, 1.82) is 5.26 Å². The average Bonchev–Trinajstić information content (AvgIpc) is 2.97. The Bertz CT molecular complexity index is 1230. The van der Waals surface area contributed by atoms with E-state index in [1.807, 2.05) is 6.07 Å². The smallest absolute Gasteiger partial charge is 0.325 e. The van der Waals surface area contributed by atoms with E-state index in [0.29, 0.717) is 35.4 Å². The van der Waals surface area contributed by atoms with Crippen LogP contribution in [-0.4, -0.2) is 39.8 Å². The van der Waals surface area contributed by atoms with Crippen LogP contribution in [0.1, 0.15) is 51.2 Å². The molecule has 1 aliphatic heterocycles. The molecule has 0 bridgehead atoms. The first-order chi connectivity index (χ1) is 16.5. The molecular formula is C26H29N5O4. The molecule has 2 N–H and O–H groups in total. The van der Waals surface area contributed by atoms with Crippen molar-refractivity contribution in [2.45, 2.75) is 52.5 Å². The minimum atomic E-state index is -0.943. The number of urea groups is 1. The van der Waals surface area contributed by atoms with Gasteiger partial charge in [-0.1, -0.05) is 20.8 Å². The van der Waals surface area contributed by atoms with Crippen LogP contribution >= 0.6 is 0 Å². The topological polar surface area (TPSA) is 124 Å². The van der Waals surface area contributed by atoms with Crippen molar-refractivity contribution in [2.75, 3.05) is 11.9 Å². The summed E-state index contributed by atoms with van der Waals surface area (Å²) in [7, 11) is 0. The monoisotopic (exact) mass is 475 g/mol. The minimum absolute atomic E-state index is 0.0803. The number of aryl methyl sites for hydroxylation is 1. The maximum absolute atomic E-state index is 13.3. The number of hydrogen-bond acceptors (Lipinski definition) is 6. The van der Waals surface area contributed by atoms with Gasteiger partial charge in [-0.15, -0.1) is 0 Å². The lowest BCUT2D eigenvalue weighted by Gasteiger charge is -2.43. The predicted octanol–water partition coefficient (Wildman–Crippen LogP) is 4.13. The number of anilines is 1. The van der Waals surface area contributed by atoms with Crippen molar-refractivity contribution in [3.05, 3.63) is 47.7 Å². The number of nitriles is 1. The fourth-order valence-electron chi connectivity index (χ4n) is 5.49. The van der Waals surface area contributed by atoms with Crippen LogP contribution in [0, 0.1) is 29.6 Å². The third-order valence-corrected chi connectivity index (χ3v) is 6.50. The third-order valence-electron chi connectivity index (χ3n) is 6.50. The second-order valence-corrected chi connectivity index (χ2v) is 10.4. The van der Waals surface area contributed by atoms with E-state index in [0.717, 1.165) is 11.3 Å². The second kappa shape index (κ2) is 9.02. The van der Waals surface area contributed by atoms with Gasteiger partial charge in [0.25, 0.3) is 5.91 Å². The summed E-state index contributed by atoms with van der Waals surface area (Å²) in [5, 5.41) is 14.9. The van der Waals surface area contributed by atoms with Gasteiger partial charge in [-0.3, -0.25) is 14.5 Å². The zero-order valence-corrected chi connectivity index (χ0v) is 20.3. The molecule has 1 spiro atoms. The molecule has 0 radical (unpaired) electrons. The van der Waals surface area contributed by atoms with Gasteiger partial charge in [0.15, 0.2) is 0 Å². The lowest BCUT2D eigenvalue weighted by atomic mass is 9.64. The van der Waals surface area contributed by atoms with E-state index < -0.39 is 17.5 Å². The number of benzene rings is 1. The van der Waals surface area contributed by atoms with Crippen LogP contribution in [0.25, 0.3) is 0 Å². The lowest BCUT2D eigenvalue weighted by Crippen LogP contribution is -2.54. The summed E-state index contributed by atoms with van der Waals surface area (Å²) in [6.07, 6.45) is 3.64. The highest BCUT2D eigenvalue weighted by atomic mass is 16.5. The van der Waals surface area contributed by atoms with Gasteiger partial charge in [-0.2, -0.15) is 5.26 Å². The number of rotatable bonds is 5. The molecule has 2 atom stereocenters. The number of nitrogens with one attached hydrogen (secondary N) is 2. The van der Waals surface area contributed by atoms with Gasteiger partial charge >= 0.3 is 6.03 Å². The van der Waals surface area contributed by atoms with Gasteiger partial charge in [0.1, 0.15) is 29.5 Å². The molecule has 182 valence electrons. The Balaban J connectivity index is 1.43. The first-order valence-corrected chi connectivity index (χ1v) is 11.6. The predicted molar refractivity (Wildman–Crippen MR) is 129 cm³/mol. The number of ether oxygens (including phenoxy) is 1. The molecule has 2 fully saturated rings. The van der Waals surface area contributed by atoms with E-state index >= 15 is 0 Å². The highest BCUT2D eigenvalue weighted by molar-refractivity contribution is 6.10. The van der Waals surface area contributed by atoms with Gasteiger partial charge in [-0.05, 0) is 73.4 Å². The second-order valence-electron chi connectivity index (χ2n) is 10.4. The molecule has 2 aromatic rings. The van der Waals surface area contributed by atoms with Gasteiger partial charge in [-0.25, -0.2) is 9.78 Å². The molecule has 2 aliphatic rings. The summed E-state index contributed by atoms with van der Waals surface area (Å²) in [6.45, 7) is 7.72. The zero-order chi connectivity index (χ0) is 25.4. The Morgan fingerprint density at radius 3 is 2.77 bits per heavy atom. The fourth-order valence-corrected chi connectivity index (χ4v) is 5.49. The number of amides is 4. The molecular weight excluding hydrogens is 446 g/mol. The number of imide groups is 1. The van der Waals surface area contributed by atoms with E-state index in [4.69, 9.17) is 4.74 Å². The molecule has 1 aromatic carbocycles. The van der Waals surface area contributed by atoms with Crippen molar-refractivity contribution in [2.24, 2.45) is 11.3 Å². The highest BCUT2D eigenvalue weighted by Gasteiger charge is 2.56. The molecule has 1 aromatic heterocycles. The molecule has 9 heteroatoms. The van der Waals surface area contributed by atoms with Crippen LogP contribution in [0.5, 0.6) is 11.6 Å². The largest absolute Gasteiger partial charge is 0.438 e. The molecule has 2 unspecified atom stereocenters. The first kappa shape index (κ1) is 24.2. The zero-order valence-electron chi connectivity index (χ0n) is 20.3. The Morgan fingerprint density at radius 1 is 1.31 bits per heavy atom. The Morgan fingerprint density at radius 2 is 2.09 bits per heavy atom. The molecule has 1 saturated heterocycles. The number of hydrogen-bond donors (Lipinski definition) is 2. The maximum atomic E-state index is 13.3. The van der Waals surface area contributed by atoms with E-state index in [-0.39, 0.29) is 29.7 Å². The van der Waals surface area contributed by atoms with Crippen molar-refractivity contribution < 1.29 is 19.1 Å². The number of nitrogens with zero attached hydrogens (tertiary/aromatic N) is 3. The van der Waals surface area contributed by atoms with E-state index in [2.05, 4.69) is 36.4 Å². The standard InChI is InChI=1S/C26H29N5O4/c1-16-11-25(3,4)15-26(12-16)23(33)31(24(34)30-26)14-21(32)29-20-8-7-19(10-17(20)2)35-22-18(13-27)6-5-9-28-22/h5-10,16H,11-12,14-15H2,1-4H3,(H,29,32)(H,30,34). The number of carbonyl (C=O) groups excluding carboxylic acids is 3. The molecule has 1 aliphatic carbocycles. The van der Waals surface area contributed by atoms with Gasteiger partial charge in [0, 0.05) is 11.9 Å². The minimum Gasteiger partial charge on any atom is -0.438 e. The van der Waals surface area contributed by atoms with Crippen molar-refractivity contribution in [3.8, 4) is 17.7 Å². The summed E-state index contributed by atoms with van der Waals surface area (Å²) in [5.74, 6) is 0.137. The van der Waals surface area contributed by atoms with Crippen LogP contribution in [0.2, 0.25) is 0 Å². The van der Waals surface area contributed by atoms with Crippen LogP contribution < -0.4 is 15.4 Å². The maximum Gasteiger partial charge on any atom is 0.325 e. The van der Waals surface area contributed by atoms with Gasteiger partial charge < -0.3 is 15.4 Å². The molecule has 1 saturated carbocycles. The van der Waals surface area contributed by atoms with Crippen molar-refractivity contribution in [3.63, 3.8) is 0 Å². The lowest BCUT2D eigenvalue weighted by molar-refractivity contribution is -0.136. The Labute approximate surface area is 204 Å². The summed E-state index contributed by atoms with van der Waals surface area (Å²) in [4.78, 5) is 43.8. The number of carbonyl (C=O) groups is 3. The number of aromatic nitrogens is 1. The van der Waals surface area contributed by atoms with Crippen LogP contribution in [0.3, 0.4) is 0 Å². The van der Waals surface area contributed by atoms with Crippen molar-refractivity contribution >= 4 is 23.5 Å². The van der Waals surface area contributed by atoms with Crippen LogP contribution in [0.4, 0.5) is 10.5 Å². The molecule has 35 heavy (non-hydrogen) atoms. The van der Waals surface area contributed by atoms with Gasteiger partial charge in [0.2, 0.25) is 11.8 Å².